The molecule has 2 N–H and O–H groups in total. The first-order chi connectivity index (χ1) is 3.80. The Morgan fingerprint density at radius 1 is 1.75 bits per heavy atom. The van der Waals surface area contributed by atoms with Crippen LogP contribution in [0.2, 0.25) is 0 Å². The Morgan fingerprint density at radius 2 is 2.50 bits per heavy atom. The summed E-state index contributed by atoms with van der Waals surface area (Å²) in [6.45, 7) is 3.67. The van der Waals surface area contributed by atoms with Crippen LogP contribution in [0.15, 0.2) is 16.8 Å². The van der Waals surface area contributed by atoms with Crippen LogP contribution >= 0.6 is 11.3 Å². The predicted octanol–water partition coefficient (Wildman–Crippen LogP) is 1.58. The molecule has 1 heterocycles. The van der Waals surface area contributed by atoms with Crippen molar-refractivity contribution in [1.82, 2.24) is 0 Å². The largest absolute Gasteiger partial charge is 0.324 e. The van der Waals surface area contributed by atoms with E-state index in [9.17, 15) is 0 Å². The van der Waals surface area contributed by atoms with Gasteiger partial charge in [0, 0.05) is 6.04 Å². The molecule has 0 aliphatic heterocycles. The molecular formula is C6H8NS. The topological polar surface area (TPSA) is 26.0 Å². The Kier molecular flexibility index (Phi) is 1.65. The van der Waals surface area contributed by atoms with Crippen LogP contribution in [-0.2, 0) is 0 Å². The first-order valence-corrected chi connectivity index (χ1v) is 3.36. The van der Waals surface area contributed by atoms with Crippen molar-refractivity contribution in [3.63, 3.8) is 0 Å². The maximum absolute atomic E-state index is 5.45. The van der Waals surface area contributed by atoms with Crippen molar-refractivity contribution >= 4 is 11.3 Å². The minimum atomic E-state index is -0.0544. The molecule has 0 aliphatic rings. The summed E-state index contributed by atoms with van der Waals surface area (Å²) in [5.74, 6) is 0. The maximum atomic E-state index is 5.45. The SMILES string of the molecule is [CH2]C(N)c1ccsc1. The van der Waals surface area contributed by atoms with Gasteiger partial charge < -0.3 is 5.73 Å². The molecule has 0 bridgehead atoms. The average molecular weight is 126 g/mol. The highest BCUT2D eigenvalue weighted by Crippen LogP contribution is 2.11. The summed E-state index contributed by atoms with van der Waals surface area (Å²) in [4.78, 5) is 0. The first-order valence-electron chi connectivity index (χ1n) is 2.41. The lowest BCUT2D eigenvalue weighted by molar-refractivity contribution is 0.914. The minimum Gasteiger partial charge on any atom is -0.324 e. The monoisotopic (exact) mass is 126 g/mol. The fourth-order valence-corrected chi connectivity index (χ4v) is 1.21. The lowest BCUT2D eigenvalue weighted by Crippen LogP contribution is -2.02. The molecule has 1 unspecified atom stereocenters. The van der Waals surface area contributed by atoms with E-state index in [0.29, 0.717) is 0 Å². The molecule has 2 heteroatoms. The van der Waals surface area contributed by atoms with Crippen molar-refractivity contribution in [1.29, 1.82) is 0 Å². The number of rotatable bonds is 1. The number of hydrogen-bond donors (Lipinski definition) is 1. The van der Waals surface area contributed by atoms with E-state index in [-0.39, 0.29) is 6.04 Å². The molecule has 0 saturated carbocycles. The van der Waals surface area contributed by atoms with Crippen molar-refractivity contribution in [2.24, 2.45) is 5.73 Å². The molecule has 1 aromatic heterocycles. The van der Waals surface area contributed by atoms with Gasteiger partial charge in [-0.05, 0) is 29.3 Å². The number of thiophene rings is 1. The van der Waals surface area contributed by atoms with E-state index in [1.54, 1.807) is 11.3 Å². The van der Waals surface area contributed by atoms with Crippen LogP contribution in [0.4, 0.5) is 0 Å². The van der Waals surface area contributed by atoms with E-state index in [4.69, 9.17) is 5.73 Å². The van der Waals surface area contributed by atoms with Gasteiger partial charge in [-0.2, -0.15) is 11.3 Å². The second kappa shape index (κ2) is 2.29. The second-order valence-corrected chi connectivity index (χ2v) is 2.44. The summed E-state index contributed by atoms with van der Waals surface area (Å²) in [6.07, 6.45) is 0. The van der Waals surface area contributed by atoms with Crippen molar-refractivity contribution in [2.45, 2.75) is 6.04 Å². The van der Waals surface area contributed by atoms with Gasteiger partial charge in [0.15, 0.2) is 0 Å². The third-order valence-corrected chi connectivity index (χ3v) is 1.67. The third kappa shape index (κ3) is 1.08. The van der Waals surface area contributed by atoms with Crippen LogP contribution in [0.1, 0.15) is 11.6 Å². The Balaban J connectivity index is 2.77. The van der Waals surface area contributed by atoms with E-state index in [0.717, 1.165) is 5.56 Å². The molecule has 0 amide bonds. The number of nitrogens with two attached hydrogens (primary N) is 1. The van der Waals surface area contributed by atoms with Crippen LogP contribution in [0.5, 0.6) is 0 Å². The molecule has 43 valence electrons. The lowest BCUT2D eigenvalue weighted by atomic mass is 10.2. The molecule has 1 aromatic rings. The van der Waals surface area contributed by atoms with Crippen LogP contribution in [0.3, 0.4) is 0 Å². The Morgan fingerprint density at radius 3 is 2.75 bits per heavy atom. The molecule has 1 radical (unpaired) electrons. The van der Waals surface area contributed by atoms with E-state index in [1.807, 2.05) is 16.8 Å². The molecule has 1 rings (SSSR count). The molecular weight excluding hydrogens is 118 g/mol. The molecule has 0 aliphatic carbocycles. The summed E-state index contributed by atoms with van der Waals surface area (Å²) in [5.41, 5.74) is 6.57. The zero-order valence-electron chi connectivity index (χ0n) is 4.50. The van der Waals surface area contributed by atoms with Gasteiger partial charge in [0.1, 0.15) is 0 Å². The molecule has 1 atom stereocenters. The fraction of sp³-hybridized carbons (Fsp3) is 0.167. The molecule has 8 heavy (non-hydrogen) atoms. The third-order valence-electron chi connectivity index (χ3n) is 0.971. The summed E-state index contributed by atoms with van der Waals surface area (Å²) < 4.78 is 0. The van der Waals surface area contributed by atoms with E-state index >= 15 is 0 Å². The standard InChI is InChI=1S/C6H8NS/c1-5(7)6-2-3-8-4-6/h2-5H,1,7H2. The number of hydrogen-bond acceptors (Lipinski definition) is 2. The van der Waals surface area contributed by atoms with Crippen molar-refractivity contribution in [2.75, 3.05) is 0 Å². The lowest BCUT2D eigenvalue weighted by Gasteiger charge is -1.96. The molecule has 0 fully saturated rings. The van der Waals surface area contributed by atoms with E-state index in [2.05, 4.69) is 6.92 Å². The Labute approximate surface area is 53.1 Å². The molecule has 0 aromatic carbocycles. The summed E-state index contributed by atoms with van der Waals surface area (Å²) >= 11 is 1.65. The first kappa shape index (κ1) is 5.79. The highest BCUT2D eigenvalue weighted by molar-refractivity contribution is 7.07. The molecule has 0 spiro atoms. The Hall–Kier alpha value is -0.340. The highest BCUT2D eigenvalue weighted by Gasteiger charge is 1.95. The van der Waals surface area contributed by atoms with Crippen molar-refractivity contribution in [3.8, 4) is 0 Å². The van der Waals surface area contributed by atoms with Gasteiger partial charge in [0.05, 0.1) is 0 Å². The smallest absolute Gasteiger partial charge is 0.0303 e. The van der Waals surface area contributed by atoms with E-state index in [1.165, 1.54) is 0 Å². The van der Waals surface area contributed by atoms with Crippen molar-refractivity contribution < 1.29 is 0 Å². The van der Waals surface area contributed by atoms with Gasteiger partial charge in [-0.25, -0.2) is 0 Å². The average Bonchev–Trinajstić information content (AvgIpc) is 2.12. The van der Waals surface area contributed by atoms with Gasteiger partial charge in [0.2, 0.25) is 0 Å². The van der Waals surface area contributed by atoms with Crippen LogP contribution in [0, 0.1) is 6.92 Å². The van der Waals surface area contributed by atoms with Crippen LogP contribution < -0.4 is 5.73 Å². The summed E-state index contributed by atoms with van der Waals surface area (Å²) in [5, 5.41) is 4.01. The van der Waals surface area contributed by atoms with Gasteiger partial charge in [-0.15, -0.1) is 0 Å². The Bertz CT molecular complexity index is 144. The minimum absolute atomic E-state index is 0.0544. The van der Waals surface area contributed by atoms with Crippen LogP contribution in [-0.4, -0.2) is 0 Å². The van der Waals surface area contributed by atoms with Crippen LogP contribution in [0.25, 0.3) is 0 Å². The zero-order valence-corrected chi connectivity index (χ0v) is 5.32. The fourth-order valence-electron chi connectivity index (χ4n) is 0.486. The normalized spacial score (nSPS) is 13.8. The maximum Gasteiger partial charge on any atom is 0.0303 e. The predicted molar refractivity (Wildman–Crippen MR) is 36.6 cm³/mol. The quantitative estimate of drug-likeness (QED) is 0.607. The van der Waals surface area contributed by atoms with Gasteiger partial charge >= 0.3 is 0 Å². The zero-order chi connectivity index (χ0) is 5.98. The van der Waals surface area contributed by atoms with Crippen molar-refractivity contribution in [3.05, 3.63) is 29.3 Å². The van der Waals surface area contributed by atoms with Gasteiger partial charge in [0.25, 0.3) is 0 Å². The van der Waals surface area contributed by atoms with E-state index < -0.39 is 0 Å². The second-order valence-electron chi connectivity index (χ2n) is 1.66. The van der Waals surface area contributed by atoms with Gasteiger partial charge in [-0.1, -0.05) is 0 Å². The molecule has 0 saturated heterocycles. The highest BCUT2D eigenvalue weighted by atomic mass is 32.1. The summed E-state index contributed by atoms with van der Waals surface area (Å²) in [6, 6.07) is 1.93. The summed E-state index contributed by atoms with van der Waals surface area (Å²) in [7, 11) is 0. The van der Waals surface area contributed by atoms with Gasteiger partial charge in [-0.3, -0.25) is 0 Å². The molecule has 1 nitrogen and oxygen atoms in total.